The third-order valence-electron chi connectivity index (χ3n) is 3.48. The normalized spacial score (nSPS) is 11.2. The number of aliphatic hydroxyl groups excluding tert-OH is 1. The molecular weight excluding hydrogens is 236 g/mol. The third kappa shape index (κ3) is 2.72. The lowest BCUT2D eigenvalue weighted by Crippen LogP contribution is -2.33. The standard InChI is InChI=1S/C16H22N2O/c1-12(2)18(9-10-19)16-8-7-13(11-17)14-5-3-4-6-15(14)16/h3-8,12,19H,9-11,17H2,1-2H3. The fourth-order valence-electron chi connectivity index (χ4n) is 2.54. The molecule has 0 aliphatic carbocycles. The van der Waals surface area contributed by atoms with Gasteiger partial charge in [-0.1, -0.05) is 30.3 Å². The Labute approximate surface area is 114 Å². The molecule has 0 atom stereocenters. The van der Waals surface area contributed by atoms with Gasteiger partial charge in [-0.15, -0.1) is 0 Å². The molecule has 0 unspecified atom stereocenters. The maximum atomic E-state index is 9.26. The zero-order valence-electron chi connectivity index (χ0n) is 11.6. The van der Waals surface area contributed by atoms with Crippen molar-refractivity contribution in [2.24, 2.45) is 5.73 Å². The molecule has 0 aliphatic rings. The van der Waals surface area contributed by atoms with Crippen LogP contribution in [-0.2, 0) is 6.54 Å². The third-order valence-corrected chi connectivity index (χ3v) is 3.48. The van der Waals surface area contributed by atoms with Gasteiger partial charge in [-0.2, -0.15) is 0 Å². The van der Waals surface area contributed by atoms with Crippen LogP contribution in [-0.4, -0.2) is 24.3 Å². The van der Waals surface area contributed by atoms with Crippen LogP contribution in [0.4, 0.5) is 5.69 Å². The molecule has 0 saturated carbocycles. The molecule has 102 valence electrons. The second-order valence-electron chi connectivity index (χ2n) is 5.00. The van der Waals surface area contributed by atoms with E-state index in [2.05, 4.69) is 43.0 Å². The maximum absolute atomic E-state index is 9.26. The van der Waals surface area contributed by atoms with Gasteiger partial charge in [0.2, 0.25) is 0 Å². The summed E-state index contributed by atoms with van der Waals surface area (Å²) in [4.78, 5) is 2.22. The Bertz CT molecular complexity index is 551. The van der Waals surface area contributed by atoms with Crippen LogP contribution in [0.2, 0.25) is 0 Å². The summed E-state index contributed by atoms with van der Waals surface area (Å²) in [6, 6.07) is 12.9. The van der Waals surface area contributed by atoms with Crippen molar-refractivity contribution in [3.8, 4) is 0 Å². The van der Waals surface area contributed by atoms with Crippen molar-refractivity contribution < 1.29 is 5.11 Å². The molecule has 0 spiro atoms. The highest BCUT2D eigenvalue weighted by Gasteiger charge is 2.14. The number of nitrogens with two attached hydrogens (primary N) is 1. The van der Waals surface area contributed by atoms with Gasteiger partial charge in [-0.3, -0.25) is 0 Å². The lowest BCUT2D eigenvalue weighted by molar-refractivity contribution is 0.299. The van der Waals surface area contributed by atoms with Gasteiger partial charge in [0.05, 0.1) is 6.61 Å². The molecule has 0 fully saturated rings. The molecule has 3 nitrogen and oxygen atoms in total. The Balaban J connectivity index is 2.60. The first-order valence-electron chi connectivity index (χ1n) is 6.77. The number of fused-ring (bicyclic) bond motifs is 1. The number of hydrogen-bond acceptors (Lipinski definition) is 3. The summed E-state index contributed by atoms with van der Waals surface area (Å²) in [5.74, 6) is 0. The Kier molecular flexibility index (Phi) is 4.40. The van der Waals surface area contributed by atoms with E-state index in [0.717, 1.165) is 11.3 Å². The van der Waals surface area contributed by atoms with E-state index >= 15 is 0 Å². The number of aliphatic hydroxyl groups is 1. The topological polar surface area (TPSA) is 49.5 Å². The van der Waals surface area contributed by atoms with Gasteiger partial charge in [-0.05, 0) is 30.9 Å². The molecule has 2 rings (SSSR count). The van der Waals surface area contributed by atoms with Gasteiger partial charge >= 0.3 is 0 Å². The highest BCUT2D eigenvalue weighted by atomic mass is 16.3. The Morgan fingerprint density at radius 2 is 1.79 bits per heavy atom. The lowest BCUT2D eigenvalue weighted by atomic mass is 10.0. The number of benzene rings is 2. The van der Waals surface area contributed by atoms with Gasteiger partial charge in [0.25, 0.3) is 0 Å². The Morgan fingerprint density at radius 1 is 1.11 bits per heavy atom. The zero-order chi connectivity index (χ0) is 13.8. The number of rotatable bonds is 5. The van der Waals surface area contributed by atoms with Crippen molar-refractivity contribution in [3.05, 3.63) is 42.0 Å². The fourth-order valence-corrected chi connectivity index (χ4v) is 2.54. The molecular formula is C16H22N2O. The molecule has 0 heterocycles. The van der Waals surface area contributed by atoms with Crippen LogP contribution in [0.3, 0.4) is 0 Å². The van der Waals surface area contributed by atoms with E-state index in [-0.39, 0.29) is 6.61 Å². The van der Waals surface area contributed by atoms with Crippen molar-refractivity contribution in [2.75, 3.05) is 18.1 Å². The Hall–Kier alpha value is -1.58. The molecule has 0 aliphatic heterocycles. The van der Waals surface area contributed by atoms with Gasteiger partial charge in [0, 0.05) is 30.2 Å². The van der Waals surface area contributed by atoms with Gasteiger partial charge in [0.1, 0.15) is 0 Å². The first kappa shape index (κ1) is 13.8. The molecule has 2 aromatic carbocycles. The van der Waals surface area contributed by atoms with E-state index < -0.39 is 0 Å². The maximum Gasteiger partial charge on any atom is 0.0606 e. The molecule has 0 bridgehead atoms. The molecule has 0 aromatic heterocycles. The smallest absolute Gasteiger partial charge is 0.0606 e. The number of anilines is 1. The van der Waals surface area contributed by atoms with Gasteiger partial charge in [-0.25, -0.2) is 0 Å². The molecule has 0 amide bonds. The average molecular weight is 258 g/mol. The molecule has 3 heteroatoms. The average Bonchev–Trinajstić information content (AvgIpc) is 2.43. The van der Waals surface area contributed by atoms with E-state index in [1.165, 1.54) is 10.8 Å². The van der Waals surface area contributed by atoms with Crippen molar-refractivity contribution >= 4 is 16.5 Å². The van der Waals surface area contributed by atoms with E-state index in [1.54, 1.807) is 0 Å². The summed E-state index contributed by atoms with van der Waals surface area (Å²) in [6.07, 6.45) is 0. The molecule has 2 aromatic rings. The molecule has 3 N–H and O–H groups in total. The quantitative estimate of drug-likeness (QED) is 0.866. The fraction of sp³-hybridized carbons (Fsp3) is 0.375. The van der Waals surface area contributed by atoms with Crippen LogP contribution in [0.5, 0.6) is 0 Å². The van der Waals surface area contributed by atoms with E-state index in [4.69, 9.17) is 5.73 Å². The number of hydrogen-bond donors (Lipinski definition) is 2. The van der Waals surface area contributed by atoms with Crippen LogP contribution < -0.4 is 10.6 Å². The summed E-state index contributed by atoms with van der Waals surface area (Å²) in [7, 11) is 0. The van der Waals surface area contributed by atoms with E-state index in [0.29, 0.717) is 19.1 Å². The van der Waals surface area contributed by atoms with Crippen LogP contribution in [0.15, 0.2) is 36.4 Å². The minimum absolute atomic E-state index is 0.158. The minimum atomic E-state index is 0.158. The first-order valence-corrected chi connectivity index (χ1v) is 6.77. The first-order chi connectivity index (χ1) is 9.19. The predicted octanol–water partition coefficient (Wildman–Crippen LogP) is 2.51. The van der Waals surface area contributed by atoms with Crippen molar-refractivity contribution in [1.82, 2.24) is 0 Å². The van der Waals surface area contributed by atoms with Crippen molar-refractivity contribution in [3.63, 3.8) is 0 Å². The van der Waals surface area contributed by atoms with E-state index in [1.807, 2.05) is 12.1 Å². The molecule has 0 saturated heterocycles. The highest BCUT2D eigenvalue weighted by Crippen LogP contribution is 2.30. The van der Waals surface area contributed by atoms with Crippen LogP contribution >= 0.6 is 0 Å². The van der Waals surface area contributed by atoms with Crippen molar-refractivity contribution in [1.29, 1.82) is 0 Å². The van der Waals surface area contributed by atoms with Gasteiger partial charge < -0.3 is 15.7 Å². The molecule has 0 radical (unpaired) electrons. The SMILES string of the molecule is CC(C)N(CCO)c1ccc(CN)c2ccccc12. The molecule has 19 heavy (non-hydrogen) atoms. The van der Waals surface area contributed by atoms with Gasteiger partial charge in [0.15, 0.2) is 0 Å². The summed E-state index contributed by atoms with van der Waals surface area (Å²) in [5.41, 5.74) is 8.13. The second-order valence-corrected chi connectivity index (χ2v) is 5.00. The van der Waals surface area contributed by atoms with Crippen molar-refractivity contribution in [2.45, 2.75) is 26.4 Å². The number of nitrogens with zero attached hydrogens (tertiary/aromatic N) is 1. The lowest BCUT2D eigenvalue weighted by Gasteiger charge is -2.30. The zero-order valence-corrected chi connectivity index (χ0v) is 11.6. The monoisotopic (exact) mass is 258 g/mol. The summed E-state index contributed by atoms with van der Waals surface area (Å²) >= 11 is 0. The largest absolute Gasteiger partial charge is 0.395 e. The Morgan fingerprint density at radius 3 is 2.37 bits per heavy atom. The second kappa shape index (κ2) is 6.04. The summed E-state index contributed by atoms with van der Waals surface area (Å²) in [6.45, 7) is 5.62. The van der Waals surface area contributed by atoms with E-state index in [9.17, 15) is 5.11 Å². The van der Waals surface area contributed by atoms with Crippen LogP contribution in [0.25, 0.3) is 10.8 Å². The van der Waals surface area contributed by atoms with Crippen LogP contribution in [0.1, 0.15) is 19.4 Å². The highest BCUT2D eigenvalue weighted by molar-refractivity contribution is 5.96. The summed E-state index contributed by atoms with van der Waals surface area (Å²) < 4.78 is 0. The summed E-state index contributed by atoms with van der Waals surface area (Å²) in [5, 5.41) is 11.7. The van der Waals surface area contributed by atoms with Crippen LogP contribution in [0, 0.1) is 0 Å². The minimum Gasteiger partial charge on any atom is -0.395 e. The predicted molar refractivity (Wildman–Crippen MR) is 81.4 cm³/mol.